The van der Waals surface area contributed by atoms with Gasteiger partial charge in [-0.2, -0.15) is 5.10 Å². The van der Waals surface area contributed by atoms with E-state index in [4.69, 9.17) is 15.3 Å². The molecule has 110 valence electrons. The van der Waals surface area contributed by atoms with Crippen LogP contribution in [0.1, 0.15) is 30.0 Å². The molecule has 3 N–H and O–H groups in total. The third kappa shape index (κ3) is 2.79. The lowest BCUT2D eigenvalue weighted by molar-refractivity contribution is 0.398. The van der Waals surface area contributed by atoms with Gasteiger partial charge in [0.05, 0.1) is 20.4 Å². The van der Waals surface area contributed by atoms with Crippen LogP contribution in [0.2, 0.25) is 0 Å². The molecule has 0 aliphatic heterocycles. The zero-order chi connectivity index (χ0) is 14.5. The molecule has 0 spiro atoms. The van der Waals surface area contributed by atoms with Gasteiger partial charge in [0, 0.05) is 16.8 Å². The average Bonchev–Trinajstić information content (AvgIpc) is 3.08. The molecule has 1 atom stereocenters. The molecule has 0 bridgehead atoms. The summed E-state index contributed by atoms with van der Waals surface area (Å²) in [4.78, 5) is 1.06. The molecule has 6 nitrogen and oxygen atoms in total. The Balaban J connectivity index is 2.41. The molecule has 0 aliphatic carbocycles. The highest BCUT2D eigenvalue weighted by Gasteiger charge is 2.24. The number of hydrogen-bond donors (Lipinski definition) is 2. The number of nitrogens with zero attached hydrogens (tertiary/aromatic N) is 2. The Morgan fingerprint density at radius 1 is 1.45 bits per heavy atom. The van der Waals surface area contributed by atoms with E-state index in [1.807, 2.05) is 16.1 Å². The molecule has 2 aromatic rings. The molecule has 0 saturated carbocycles. The monoisotopic (exact) mass is 296 g/mol. The summed E-state index contributed by atoms with van der Waals surface area (Å²) in [5.41, 5.74) is 3.78. The number of ether oxygens (including phenoxy) is 2. The zero-order valence-corrected chi connectivity index (χ0v) is 12.7. The first-order chi connectivity index (χ1) is 9.74. The van der Waals surface area contributed by atoms with Crippen LogP contribution in [-0.4, -0.2) is 24.0 Å². The predicted molar refractivity (Wildman–Crippen MR) is 79.1 cm³/mol. The van der Waals surface area contributed by atoms with E-state index in [-0.39, 0.29) is 6.04 Å². The largest absolute Gasteiger partial charge is 0.496 e. The van der Waals surface area contributed by atoms with E-state index in [2.05, 4.69) is 17.4 Å². The Morgan fingerprint density at radius 3 is 2.80 bits per heavy atom. The smallest absolute Gasteiger partial charge is 0.162 e. The van der Waals surface area contributed by atoms with Gasteiger partial charge in [0.15, 0.2) is 5.75 Å². The lowest BCUT2D eigenvalue weighted by atomic mass is 10.1. The van der Waals surface area contributed by atoms with Gasteiger partial charge in [0.2, 0.25) is 0 Å². The molecule has 0 saturated heterocycles. The van der Waals surface area contributed by atoms with E-state index in [1.54, 1.807) is 31.8 Å². The molecule has 20 heavy (non-hydrogen) atoms. The van der Waals surface area contributed by atoms with Crippen LogP contribution < -0.4 is 20.7 Å². The van der Waals surface area contributed by atoms with Crippen molar-refractivity contribution in [3.05, 3.63) is 28.2 Å². The minimum atomic E-state index is -0.173. The normalized spacial score (nSPS) is 12.4. The first kappa shape index (κ1) is 14.8. The fourth-order valence-corrected chi connectivity index (χ4v) is 3.02. The number of hydrazine groups is 1. The fourth-order valence-electron chi connectivity index (χ4n) is 2.10. The van der Waals surface area contributed by atoms with Crippen molar-refractivity contribution in [2.75, 3.05) is 14.2 Å². The van der Waals surface area contributed by atoms with E-state index in [0.29, 0.717) is 0 Å². The van der Waals surface area contributed by atoms with Gasteiger partial charge >= 0.3 is 0 Å². The second-order valence-corrected chi connectivity index (χ2v) is 5.25. The molecule has 0 aromatic carbocycles. The molecule has 1 unspecified atom stereocenters. The third-order valence-electron chi connectivity index (χ3n) is 3.06. The van der Waals surface area contributed by atoms with Crippen LogP contribution in [0, 0.1) is 0 Å². The highest BCUT2D eigenvalue weighted by Crippen LogP contribution is 2.34. The Bertz CT molecular complexity index is 552. The number of aromatic nitrogens is 2. The molecular weight excluding hydrogens is 276 g/mol. The Morgan fingerprint density at radius 2 is 2.25 bits per heavy atom. The summed E-state index contributed by atoms with van der Waals surface area (Å²) in [6, 6.07) is 1.80. The van der Waals surface area contributed by atoms with Crippen LogP contribution in [0.5, 0.6) is 11.5 Å². The molecule has 2 heterocycles. The van der Waals surface area contributed by atoms with Crippen LogP contribution in [0.25, 0.3) is 0 Å². The highest BCUT2D eigenvalue weighted by atomic mass is 32.1. The second-order valence-electron chi connectivity index (χ2n) is 4.31. The Hall–Kier alpha value is -1.57. The average molecular weight is 296 g/mol. The van der Waals surface area contributed by atoms with Crippen molar-refractivity contribution in [1.82, 2.24) is 15.2 Å². The first-order valence-corrected chi connectivity index (χ1v) is 7.31. The van der Waals surface area contributed by atoms with Gasteiger partial charge in [-0.05, 0) is 12.5 Å². The maximum absolute atomic E-state index is 5.75. The zero-order valence-electron chi connectivity index (χ0n) is 11.9. The first-order valence-electron chi connectivity index (χ1n) is 6.43. The maximum atomic E-state index is 5.75. The second kappa shape index (κ2) is 6.74. The third-order valence-corrected chi connectivity index (χ3v) is 4.03. The van der Waals surface area contributed by atoms with Crippen molar-refractivity contribution in [2.45, 2.75) is 25.9 Å². The van der Waals surface area contributed by atoms with Crippen LogP contribution >= 0.6 is 11.3 Å². The van der Waals surface area contributed by atoms with Gasteiger partial charge in [0.1, 0.15) is 17.5 Å². The predicted octanol–water partition coefficient (Wildman–Crippen LogP) is 1.92. The van der Waals surface area contributed by atoms with Gasteiger partial charge in [-0.3, -0.25) is 10.5 Å². The quantitative estimate of drug-likeness (QED) is 0.603. The summed E-state index contributed by atoms with van der Waals surface area (Å²) in [5.74, 6) is 7.31. The van der Waals surface area contributed by atoms with Crippen molar-refractivity contribution >= 4 is 11.3 Å². The summed E-state index contributed by atoms with van der Waals surface area (Å²) in [7, 11) is 3.29. The van der Waals surface area contributed by atoms with Crippen molar-refractivity contribution in [3.8, 4) is 11.5 Å². The summed E-state index contributed by atoms with van der Waals surface area (Å²) < 4.78 is 12.6. The molecule has 0 fully saturated rings. The van der Waals surface area contributed by atoms with Crippen molar-refractivity contribution < 1.29 is 9.47 Å². The highest BCUT2D eigenvalue weighted by molar-refractivity contribution is 7.10. The number of methoxy groups -OCH3 is 2. The molecule has 0 amide bonds. The molecule has 2 rings (SSSR count). The van der Waals surface area contributed by atoms with Gasteiger partial charge in [0.25, 0.3) is 0 Å². The Labute approximate surface area is 122 Å². The summed E-state index contributed by atoms with van der Waals surface area (Å²) >= 11 is 1.59. The number of nitrogens with two attached hydrogens (primary N) is 1. The van der Waals surface area contributed by atoms with E-state index in [0.717, 1.165) is 35.0 Å². The summed E-state index contributed by atoms with van der Waals surface area (Å²) in [6.45, 7) is 2.93. The van der Waals surface area contributed by atoms with Crippen molar-refractivity contribution in [3.63, 3.8) is 0 Å². The van der Waals surface area contributed by atoms with E-state index in [1.165, 1.54) is 0 Å². The maximum Gasteiger partial charge on any atom is 0.162 e. The van der Waals surface area contributed by atoms with Crippen LogP contribution in [0.3, 0.4) is 0 Å². The lowest BCUT2D eigenvalue weighted by Crippen LogP contribution is -2.30. The van der Waals surface area contributed by atoms with Crippen LogP contribution in [0.15, 0.2) is 17.6 Å². The standard InChI is InChI=1S/C13H20N4O2S/c1-4-5-17-13(10(19-3)7-15-17)12(16-14)11-6-9(18-2)8-20-11/h6-8,12,16H,4-5,14H2,1-3H3. The SMILES string of the molecule is CCCn1ncc(OC)c1C(NN)c1cc(OC)cs1. The topological polar surface area (TPSA) is 74.3 Å². The van der Waals surface area contributed by atoms with E-state index < -0.39 is 0 Å². The minimum Gasteiger partial charge on any atom is -0.496 e. The Kier molecular flexibility index (Phi) is 4.99. The summed E-state index contributed by atoms with van der Waals surface area (Å²) in [5, 5.41) is 6.32. The van der Waals surface area contributed by atoms with E-state index >= 15 is 0 Å². The van der Waals surface area contributed by atoms with Gasteiger partial charge in [-0.15, -0.1) is 11.3 Å². The minimum absolute atomic E-state index is 0.173. The van der Waals surface area contributed by atoms with Gasteiger partial charge in [-0.1, -0.05) is 6.92 Å². The van der Waals surface area contributed by atoms with Gasteiger partial charge in [-0.25, -0.2) is 5.43 Å². The lowest BCUT2D eigenvalue weighted by Gasteiger charge is -2.17. The number of rotatable bonds is 7. The van der Waals surface area contributed by atoms with Crippen LogP contribution in [0.4, 0.5) is 0 Å². The number of hydrogen-bond acceptors (Lipinski definition) is 6. The molecule has 2 aromatic heterocycles. The number of nitrogens with one attached hydrogen (secondary N) is 1. The number of thiophene rings is 1. The van der Waals surface area contributed by atoms with E-state index in [9.17, 15) is 0 Å². The molecule has 7 heteroatoms. The fraction of sp³-hybridized carbons (Fsp3) is 0.462. The molecular formula is C13H20N4O2S. The number of aryl methyl sites for hydroxylation is 1. The van der Waals surface area contributed by atoms with Crippen molar-refractivity contribution in [2.24, 2.45) is 5.84 Å². The summed E-state index contributed by atoms with van der Waals surface area (Å²) in [6.07, 6.45) is 2.71. The molecule has 0 radical (unpaired) electrons. The molecule has 0 aliphatic rings. The van der Waals surface area contributed by atoms with Crippen LogP contribution in [-0.2, 0) is 6.54 Å². The van der Waals surface area contributed by atoms with Gasteiger partial charge < -0.3 is 9.47 Å². The van der Waals surface area contributed by atoms with Crippen molar-refractivity contribution in [1.29, 1.82) is 0 Å².